The van der Waals surface area contributed by atoms with Crippen LogP contribution < -0.4 is 5.56 Å². The van der Waals surface area contributed by atoms with Crippen LogP contribution in [0.2, 0.25) is 0 Å². The largest absolute Gasteiger partial charge is 0.268 e. The molecule has 0 spiro atoms. The van der Waals surface area contributed by atoms with Gasteiger partial charge in [0.15, 0.2) is 5.16 Å². The lowest BCUT2D eigenvalue weighted by Gasteiger charge is -2.13. The first-order valence-corrected chi connectivity index (χ1v) is 11.0. The summed E-state index contributed by atoms with van der Waals surface area (Å²) in [6.45, 7) is 10.6. The molecule has 0 amide bonds. The third-order valence-electron chi connectivity index (χ3n) is 4.69. The van der Waals surface area contributed by atoms with E-state index in [0.29, 0.717) is 0 Å². The Bertz CT molecular complexity index is 1000. The molecular weight excluding hydrogens is 360 g/mol. The highest BCUT2D eigenvalue weighted by atomic mass is 32.2. The molecule has 0 aliphatic heterocycles. The molecule has 0 radical (unpaired) electrons. The second kappa shape index (κ2) is 7.97. The smallest absolute Gasteiger partial charge is 0.267 e. The monoisotopic (exact) mass is 386 g/mol. The van der Waals surface area contributed by atoms with Gasteiger partial charge in [0.1, 0.15) is 4.83 Å². The quantitative estimate of drug-likeness (QED) is 0.395. The van der Waals surface area contributed by atoms with Gasteiger partial charge in [0.2, 0.25) is 0 Å². The number of hydrogen-bond donors (Lipinski definition) is 0. The van der Waals surface area contributed by atoms with Gasteiger partial charge < -0.3 is 0 Å². The number of fused-ring (bicyclic) bond motifs is 1. The first-order chi connectivity index (χ1) is 12.5. The summed E-state index contributed by atoms with van der Waals surface area (Å²) in [5.41, 5.74) is 4.50. The van der Waals surface area contributed by atoms with Crippen molar-refractivity contribution in [1.29, 1.82) is 0 Å². The number of benzene rings is 1. The average molecular weight is 387 g/mol. The van der Waals surface area contributed by atoms with Crippen LogP contribution in [0.1, 0.15) is 48.3 Å². The molecule has 0 bridgehead atoms. The Hall–Kier alpha value is -1.59. The zero-order valence-electron chi connectivity index (χ0n) is 16.2. The summed E-state index contributed by atoms with van der Waals surface area (Å²) in [6.07, 6.45) is 3.14. The van der Waals surface area contributed by atoms with Crippen LogP contribution in [0.3, 0.4) is 0 Å². The Kier molecular flexibility index (Phi) is 5.88. The first-order valence-electron chi connectivity index (χ1n) is 9.23. The molecule has 3 nitrogen and oxygen atoms in total. The standard InChI is InChI=1S/C21H26N2OS2/c1-6-8-17-15(5)18-19(26-17)22-21(25-11-7-2)23(20(18)24)16-10-9-13(3)14(4)12-16/h9-10,12H,6-8,11H2,1-5H3. The zero-order valence-corrected chi connectivity index (χ0v) is 17.8. The number of thioether (sulfide) groups is 1. The fourth-order valence-electron chi connectivity index (χ4n) is 3.06. The third-order valence-corrected chi connectivity index (χ3v) is 7.08. The topological polar surface area (TPSA) is 34.9 Å². The molecule has 2 aromatic heterocycles. The number of rotatable bonds is 6. The highest BCUT2D eigenvalue weighted by molar-refractivity contribution is 7.99. The number of thiophene rings is 1. The molecule has 0 saturated heterocycles. The van der Waals surface area contributed by atoms with Gasteiger partial charge >= 0.3 is 0 Å². The molecule has 3 rings (SSSR count). The summed E-state index contributed by atoms with van der Waals surface area (Å²) < 4.78 is 1.81. The van der Waals surface area contributed by atoms with Crippen molar-refractivity contribution in [2.75, 3.05) is 5.75 Å². The van der Waals surface area contributed by atoms with Gasteiger partial charge in [0.25, 0.3) is 5.56 Å². The normalized spacial score (nSPS) is 11.4. The lowest BCUT2D eigenvalue weighted by atomic mass is 10.1. The van der Waals surface area contributed by atoms with E-state index >= 15 is 0 Å². The van der Waals surface area contributed by atoms with E-state index in [9.17, 15) is 4.79 Å². The van der Waals surface area contributed by atoms with Gasteiger partial charge in [-0.2, -0.15) is 0 Å². The van der Waals surface area contributed by atoms with E-state index in [0.717, 1.165) is 51.6 Å². The van der Waals surface area contributed by atoms with Crippen molar-refractivity contribution in [2.45, 2.75) is 59.0 Å². The van der Waals surface area contributed by atoms with Gasteiger partial charge in [0, 0.05) is 10.6 Å². The molecule has 0 fully saturated rings. The molecule has 5 heteroatoms. The van der Waals surface area contributed by atoms with Crippen LogP contribution in [-0.2, 0) is 6.42 Å². The SMILES string of the molecule is CCCSc1nc2sc(CCC)c(C)c2c(=O)n1-c1ccc(C)c(C)c1. The molecule has 0 atom stereocenters. The number of aryl methyl sites for hydroxylation is 4. The van der Waals surface area contributed by atoms with Gasteiger partial charge in [-0.25, -0.2) is 4.98 Å². The van der Waals surface area contributed by atoms with Gasteiger partial charge in [-0.3, -0.25) is 9.36 Å². The lowest BCUT2D eigenvalue weighted by Crippen LogP contribution is -2.22. The summed E-state index contributed by atoms with van der Waals surface area (Å²) >= 11 is 3.35. The Morgan fingerprint density at radius 3 is 2.54 bits per heavy atom. The molecule has 0 unspecified atom stereocenters. The Morgan fingerprint density at radius 2 is 1.88 bits per heavy atom. The molecule has 0 N–H and O–H groups in total. The highest BCUT2D eigenvalue weighted by Crippen LogP contribution is 2.31. The van der Waals surface area contributed by atoms with Crippen LogP contribution in [-0.4, -0.2) is 15.3 Å². The molecule has 138 valence electrons. The first kappa shape index (κ1) is 19.2. The highest BCUT2D eigenvalue weighted by Gasteiger charge is 2.19. The zero-order chi connectivity index (χ0) is 18.8. The van der Waals surface area contributed by atoms with Crippen molar-refractivity contribution in [2.24, 2.45) is 0 Å². The Balaban J connectivity index is 2.30. The lowest BCUT2D eigenvalue weighted by molar-refractivity contribution is 0.819. The van der Waals surface area contributed by atoms with Crippen LogP contribution in [0.25, 0.3) is 15.9 Å². The predicted octanol–water partition coefficient (Wildman–Crippen LogP) is 5.83. The molecule has 0 aliphatic carbocycles. The Labute approximate surface area is 163 Å². The molecular formula is C21H26N2OS2. The van der Waals surface area contributed by atoms with Crippen molar-refractivity contribution in [3.63, 3.8) is 0 Å². The van der Waals surface area contributed by atoms with E-state index in [-0.39, 0.29) is 5.56 Å². The third kappa shape index (κ3) is 3.47. The van der Waals surface area contributed by atoms with E-state index in [2.05, 4.69) is 46.8 Å². The summed E-state index contributed by atoms with van der Waals surface area (Å²) in [5.74, 6) is 0.953. The molecule has 0 saturated carbocycles. The number of hydrogen-bond acceptors (Lipinski definition) is 4. The van der Waals surface area contributed by atoms with E-state index in [1.807, 2.05) is 10.6 Å². The maximum atomic E-state index is 13.5. The second-order valence-corrected chi connectivity index (χ2v) is 8.88. The van der Waals surface area contributed by atoms with E-state index in [4.69, 9.17) is 4.98 Å². The Morgan fingerprint density at radius 1 is 1.12 bits per heavy atom. The maximum absolute atomic E-state index is 13.5. The van der Waals surface area contributed by atoms with E-state index in [1.165, 1.54) is 16.0 Å². The van der Waals surface area contributed by atoms with Crippen LogP contribution >= 0.6 is 23.1 Å². The van der Waals surface area contributed by atoms with Gasteiger partial charge in [-0.05, 0) is 62.4 Å². The number of aromatic nitrogens is 2. The van der Waals surface area contributed by atoms with Crippen LogP contribution in [0, 0.1) is 20.8 Å². The van der Waals surface area contributed by atoms with Gasteiger partial charge in [-0.1, -0.05) is 38.1 Å². The van der Waals surface area contributed by atoms with Crippen molar-refractivity contribution in [3.8, 4) is 5.69 Å². The molecule has 26 heavy (non-hydrogen) atoms. The van der Waals surface area contributed by atoms with Crippen molar-refractivity contribution >= 4 is 33.3 Å². The van der Waals surface area contributed by atoms with Crippen LogP contribution in [0.5, 0.6) is 0 Å². The average Bonchev–Trinajstić information content (AvgIpc) is 2.92. The molecule has 2 heterocycles. The predicted molar refractivity (Wildman–Crippen MR) is 114 cm³/mol. The minimum absolute atomic E-state index is 0.0629. The molecule has 0 aliphatic rings. The summed E-state index contributed by atoms with van der Waals surface area (Å²) in [7, 11) is 0. The number of nitrogens with zero attached hydrogens (tertiary/aromatic N) is 2. The summed E-state index contributed by atoms with van der Waals surface area (Å²) in [5, 5.41) is 1.59. The molecule has 3 aromatic rings. The van der Waals surface area contributed by atoms with E-state index < -0.39 is 0 Å². The van der Waals surface area contributed by atoms with Crippen molar-refractivity contribution < 1.29 is 0 Å². The van der Waals surface area contributed by atoms with Crippen molar-refractivity contribution in [3.05, 3.63) is 50.1 Å². The van der Waals surface area contributed by atoms with Crippen LogP contribution in [0.15, 0.2) is 28.2 Å². The van der Waals surface area contributed by atoms with Crippen molar-refractivity contribution in [1.82, 2.24) is 9.55 Å². The molecule has 1 aromatic carbocycles. The summed E-state index contributed by atoms with van der Waals surface area (Å²) in [4.78, 5) is 20.5. The van der Waals surface area contributed by atoms with Gasteiger partial charge in [-0.15, -0.1) is 11.3 Å². The minimum atomic E-state index is 0.0629. The fraction of sp³-hybridized carbons (Fsp3) is 0.429. The minimum Gasteiger partial charge on any atom is -0.268 e. The van der Waals surface area contributed by atoms with Crippen LogP contribution in [0.4, 0.5) is 0 Å². The summed E-state index contributed by atoms with van der Waals surface area (Å²) in [6, 6.07) is 6.20. The van der Waals surface area contributed by atoms with Gasteiger partial charge in [0.05, 0.1) is 11.1 Å². The van der Waals surface area contributed by atoms with E-state index in [1.54, 1.807) is 23.1 Å². The maximum Gasteiger partial charge on any atom is 0.267 e. The second-order valence-electron chi connectivity index (χ2n) is 6.73. The fourth-order valence-corrected chi connectivity index (χ4v) is 5.25.